The second kappa shape index (κ2) is 7.04. The van der Waals surface area contributed by atoms with Crippen LogP contribution in [0.25, 0.3) is 0 Å². The van der Waals surface area contributed by atoms with Gasteiger partial charge in [-0.2, -0.15) is 0 Å². The van der Waals surface area contributed by atoms with Crippen LogP contribution in [0.5, 0.6) is 11.5 Å². The molecule has 0 atom stereocenters. The van der Waals surface area contributed by atoms with E-state index in [0.29, 0.717) is 23.6 Å². The lowest BCUT2D eigenvalue weighted by molar-refractivity contribution is 0.393. The van der Waals surface area contributed by atoms with Crippen LogP contribution in [-0.4, -0.2) is 14.2 Å². The fraction of sp³-hybridized carbons (Fsp3) is 0.250. The van der Waals surface area contributed by atoms with Crippen molar-refractivity contribution in [2.24, 2.45) is 0 Å². The standard InChI is InChI=1S/C16H17F2NO2/c1-20-14-5-11(6-15(8-14)21-2)9-19-10-12-7-13(17)3-4-16(12)18/h3-8,19H,9-10H2,1-2H3. The lowest BCUT2D eigenvalue weighted by Crippen LogP contribution is -2.14. The van der Waals surface area contributed by atoms with Crippen molar-refractivity contribution >= 4 is 0 Å². The number of ether oxygens (including phenoxy) is 2. The zero-order chi connectivity index (χ0) is 15.2. The first kappa shape index (κ1) is 15.3. The Balaban J connectivity index is 2.01. The van der Waals surface area contributed by atoms with Gasteiger partial charge in [0.05, 0.1) is 14.2 Å². The Morgan fingerprint density at radius 3 is 2.19 bits per heavy atom. The van der Waals surface area contributed by atoms with Crippen molar-refractivity contribution < 1.29 is 18.3 Å². The molecule has 112 valence electrons. The van der Waals surface area contributed by atoms with Gasteiger partial charge in [-0.05, 0) is 35.9 Å². The molecule has 0 amide bonds. The third-order valence-corrected chi connectivity index (χ3v) is 3.06. The smallest absolute Gasteiger partial charge is 0.127 e. The number of halogens is 2. The minimum absolute atomic E-state index is 0.239. The van der Waals surface area contributed by atoms with Crippen LogP contribution in [-0.2, 0) is 13.1 Å². The number of benzene rings is 2. The lowest BCUT2D eigenvalue weighted by Gasteiger charge is -2.10. The highest BCUT2D eigenvalue weighted by atomic mass is 19.1. The summed E-state index contributed by atoms with van der Waals surface area (Å²) in [6, 6.07) is 8.91. The van der Waals surface area contributed by atoms with Gasteiger partial charge in [0.25, 0.3) is 0 Å². The number of hydrogen-bond acceptors (Lipinski definition) is 3. The van der Waals surface area contributed by atoms with Crippen molar-refractivity contribution in [1.82, 2.24) is 5.32 Å². The van der Waals surface area contributed by atoms with Crippen molar-refractivity contribution in [2.75, 3.05) is 14.2 Å². The van der Waals surface area contributed by atoms with E-state index >= 15 is 0 Å². The first-order valence-corrected chi connectivity index (χ1v) is 6.49. The Morgan fingerprint density at radius 1 is 0.905 bits per heavy atom. The zero-order valence-corrected chi connectivity index (χ0v) is 12.0. The maximum Gasteiger partial charge on any atom is 0.127 e. The fourth-order valence-electron chi connectivity index (χ4n) is 1.99. The van der Waals surface area contributed by atoms with E-state index in [0.717, 1.165) is 17.7 Å². The molecule has 0 aliphatic carbocycles. The molecule has 0 aliphatic rings. The van der Waals surface area contributed by atoms with E-state index in [1.807, 2.05) is 12.1 Å². The minimum atomic E-state index is -0.448. The van der Waals surface area contributed by atoms with E-state index in [1.54, 1.807) is 20.3 Å². The molecule has 0 heterocycles. The van der Waals surface area contributed by atoms with Gasteiger partial charge in [0, 0.05) is 24.7 Å². The number of hydrogen-bond donors (Lipinski definition) is 1. The van der Waals surface area contributed by atoms with Crippen molar-refractivity contribution in [3.8, 4) is 11.5 Å². The molecule has 5 heteroatoms. The summed E-state index contributed by atoms with van der Waals surface area (Å²) in [7, 11) is 3.15. The molecule has 0 radical (unpaired) electrons. The number of methoxy groups -OCH3 is 2. The summed E-state index contributed by atoms with van der Waals surface area (Å²) in [4.78, 5) is 0. The van der Waals surface area contributed by atoms with Gasteiger partial charge in [0.15, 0.2) is 0 Å². The Kier molecular flexibility index (Phi) is 5.11. The number of rotatable bonds is 6. The van der Waals surface area contributed by atoms with E-state index in [1.165, 1.54) is 6.07 Å². The van der Waals surface area contributed by atoms with Crippen LogP contribution in [0.1, 0.15) is 11.1 Å². The average Bonchev–Trinajstić information content (AvgIpc) is 2.50. The van der Waals surface area contributed by atoms with Crippen molar-refractivity contribution in [2.45, 2.75) is 13.1 Å². The highest BCUT2D eigenvalue weighted by Gasteiger charge is 2.05. The molecule has 0 unspecified atom stereocenters. The number of nitrogens with one attached hydrogen (secondary N) is 1. The van der Waals surface area contributed by atoms with Gasteiger partial charge in [-0.15, -0.1) is 0 Å². The molecule has 3 nitrogen and oxygen atoms in total. The molecule has 2 rings (SSSR count). The first-order valence-electron chi connectivity index (χ1n) is 6.49. The molecule has 0 aliphatic heterocycles. The summed E-state index contributed by atoms with van der Waals surface area (Å²) in [5.74, 6) is 0.495. The third kappa shape index (κ3) is 4.16. The third-order valence-electron chi connectivity index (χ3n) is 3.06. The molecule has 2 aromatic carbocycles. The first-order chi connectivity index (χ1) is 10.1. The molecule has 0 aromatic heterocycles. The molecule has 0 bridgehead atoms. The SMILES string of the molecule is COc1cc(CNCc2cc(F)ccc2F)cc(OC)c1. The fourth-order valence-corrected chi connectivity index (χ4v) is 1.99. The highest BCUT2D eigenvalue weighted by molar-refractivity contribution is 5.38. The molecule has 21 heavy (non-hydrogen) atoms. The average molecular weight is 293 g/mol. The maximum atomic E-state index is 13.5. The molecule has 0 spiro atoms. The van der Waals surface area contributed by atoms with Gasteiger partial charge in [-0.25, -0.2) is 8.78 Å². The van der Waals surface area contributed by atoms with E-state index in [2.05, 4.69) is 5.32 Å². The normalized spacial score (nSPS) is 10.5. The van der Waals surface area contributed by atoms with Crippen LogP contribution < -0.4 is 14.8 Å². The van der Waals surface area contributed by atoms with Crippen LogP contribution in [0.2, 0.25) is 0 Å². The van der Waals surface area contributed by atoms with E-state index in [9.17, 15) is 8.78 Å². The minimum Gasteiger partial charge on any atom is -0.497 e. The Hall–Kier alpha value is -2.14. The summed E-state index contributed by atoms with van der Waals surface area (Å²) in [5, 5.41) is 3.07. The van der Waals surface area contributed by atoms with Gasteiger partial charge < -0.3 is 14.8 Å². The van der Waals surface area contributed by atoms with Crippen LogP contribution in [0.15, 0.2) is 36.4 Å². The van der Waals surface area contributed by atoms with Crippen LogP contribution >= 0.6 is 0 Å². The topological polar surface area (TPSA) is 30.5 Å². The largest absolute Gasteiger partial charge is 0.497 e. The quantitative estimate of drug-likeness (QED) is 0.886. The van der Waals surface area contributed by atoms with Crippen molar-refractivity contribution in [1.29, 1.82) is 0 Å². The van der Waals surface area contributed by atoms with Crippen molar-refractivity contribution in [3.63, 3.8) is 0 Å². The van der Waals surface area contributed by atoms with Crippen LogP contribution in [0.3, 0.4) is 0 Å². The van der Waals surface area contributed by atoms with Gasteiger partial charge in [0.2, 0.25) is 0 Å². The molecule has 2 aromatic rings. The molecular formula is C16H17F2NO2. The highest BCUT2D eigenvalue weighted by Crippen LogP contribution is 2.22. The molecule has 1 N–H and O–H groups in total. The van der Waals surface area contributed by atoms with Gasteiger partial charge in [-0.1, -0.05) is 0 Å². The molecule has 0 saturated carbocycles. The Morgan fingerprint density at radius 2 is 1.57 bits per heavy atom. The molecular weight excluding hydrogens is 276 g/mol. The van der Waals surface area contributed by atoms with E-state index in [-0.39, 0.29) is 6.54 Å². The molecule has 0 saturated heterocycles. The van der Waals surface area contributed by atoms with Crippen LogP contribution in [0.4, 0.5) is 8.78 Å². The maximum absolute atomic E-state index is 13.5. The van der Waals surface area contributed by atoms with Gasteiger partial charge in [-0.3, -0.25) is 0 Å². The Bertz CT molecular complexity index is 595. The monoisotopic (exact) mass is 293 g/mol. The second-order valence-corrected chi connectivity index (χ2v) is 4.56. The lowest BCUT2D eigenvalue weighted by atomic mass is 10.1. The van der Waals surface area contributed by atoms with Crippen LogP contribution in [0, 0.1) is 11.6 Å². The van der Waals surface area contributed by atoms with E-state index in [4.69, 9.17) is 9.47 Å². The summed E-state index contributed by atoms with van der Waals surface area (Å²) >= 11 is 0. The second-order valence-electron chi connectivity index (χ2n) is 4.56. The summed E-state index contributed by atoms with van der Waals surface area (Å²) < 4.78 is 36.9. The zero-order valence-electron chi connectivity index (χ0n) is 12.0. The predicted octanol–water partition coefficient (Wildman–Crippen LogP) is 3.27. The summed E-state index contributed by atoms with van der Waals surface area (Å²) in [6.45, 7) is 0.729. The molecule has 0 fully saturated rings. The summed E-state index contributed by atoms with van der Waals surface area (Å²) in [6.07, 6.45) is 0. The Labute approximate surface area is 122 Å². The van der Waals surface area contributed by atoms with Crippen molar-refractivity contribution in [3.05, 3.63) is 59.2 Å². The summed E-state index contributed by atoms with van der Waals surface area (Å²) in [5.41, 5.74) is 1.23. The van der Waals surface area contributed by atoms with E-state index < -0.39 is 11.6 Å². The van der Waals surface area contributed by atoms with Gasteiger partial charge in [0.1, 0.15) is 23.1 Å². The predicted molar refractivity (Wildman–Crippen MR) is 76.4 cm³/mol. The van der Waals surface area contributed by atoms with Gasteiger partial charge >= 0.3 is 0 Å².